The van der Waals surface area contributed by atoms with Crippen LogP contribution in [0.4, 0.5) is 0 Å². The van der Waals surface area contributed by atoms with Crippen molar-refractivity contribution in [3.8, 4) is 22.4 Å². The molecule has 0 aliphatic heterocycles. The number of furan rings is 1. The van der Waals surface area contributed by atoms with E-state index in [4.69, 9.17) is 4.42 Å². The number of hydrogen-bond acceptors (Lipinski definition) is 2. The minimum Gasteiger partial charge on any atom is -0.456 e. The second-order valence-electron chi connectivity index (χ2n) is 11.0. The number of para-hydroxylation sites is 2. The van der Waals surface area contributed by atoms with Crippen LogP contribution in [0.5, 0.6) is 0 Å². The summed E-state index contributed by atoms with van der Waals surface area (Å²) in [5.41, 5.74) is 12.4. The van der Waals surface area contributed by atoms with E-state index in [-0.39, 0.29) is 0 Å². The summed E-state index contributed by atoms with van der Waals surface area (Å²) in [6, 6.07) is 37.3. The summed E-state index contributed by atoms with van der Waals surface area (Å²) >= 11 is 0. The van der Waals surface area contributed by atoms with Crippen LogP contribution in [-0.4, -0.2) is 9.38 Å². The number of aromatic nitrogens is 2. The molecule has 0 fully saturated rings. The molecule has 4 aromatic heterocycles. The number of hydrogen-bond donors (Lipinski definition) is 0. The Kier molecular flexibility index (Phi) is 4.19. The van der Waals surface area contributed by atoms with Crippen molar-refractivity contribution in [2.24, 2.45) is 0 Å². The van der Waals surface area contributed by atoms with Crippen molar-refractivity contribution in [1.82, 2.24) is 9.38 Å². The van der Waals surface area contributed by atoms with Crippen molar-refractivity contribution >= 4 is 60.0 Å². The van der Waals surface area contributed by atoms with Gasteiger partial charge in [0.05, 0.1) is 22.2 Å². The fourth-order valence-electron chi connectivity index (χ4n) is 6.77. The molecule has 9 rings (SSSR count). The molecule has 0 radical (unpaired) electrons. The minimum atomic E-state index is 0.900. The Bertz CT molecular complexity index is 2440. The average molecular weight is 513 g/mol. The van der Waals surface area contributed by atoms with Gasteiger partial charge in [-0.1, -0.05) is 59.7 Å². The number of aryl methyl sites for hydroxylation is 2. The third kappa shape index (κ3) is 2.92. The highest BCUT2D eigenvalue weighted by molar-refractivity contribution is 6.25. The van der Waals surface area contributed by atoms with E-state index in [0.29, 0.717) is 0 Å². The van der Waals surface area contributed by atoms with Crippen LogP contribution in [-0.2, 0) is 0 Å². The monoisotopic (exact) mass is 512 g/mol. The van der Waals surface area contributed by atoms with E-state index in [1.807, 2.05) is 6.20 Å². The topological polar surface area (TPSA) is 30.4 Å². The SMILES string of the molecule is Cc1cc(C)cc(-c2cc(-c3ccc4c(c3)oc3cc5c6cccc7c8ccccc8n(c5cc34)c76)ccn2)c1. The second-order valence-corrected chi connectivity index (χ2v) is 11.0. The Balaban J connectivity index is 1.25. The predicted molar refractivity (Wildman–Crippen MR) is 167 cm³/mol. The Labute approximate surface area is 230 Å². The Morgan fingerprint density at radius 1 is 0.525 bits per heavy atom. The largest absolute Gasteiger partial charge is 0.456 e. The van der Waals surface area contributed by atoms with E-state index in [9.17, 15) is 0 Å². The van der Waals surface area contributed by atoms with E-state index in [2.05, 4.69) is 126 Å². The lowest BCUT2D eigenvalue weighted by Gasteiger charge is -2.07. The molecule has 4 heterocycles. The van der Waals surface area contributed by atoms with Crippen LogP contribution in [0.15, 0.2) is 114 Å². The first-order chi connectivity index (χ1) is 19.6. The van der Waals surface area contributed by atoms with Gasteiger partial charge in [-0.25, -0.2) is 0 Å². The fourth-order valence-corrected chi connectivity index (χ4v) is 6.77. The molecular weight excluding hydrogens is 488 g/mol. The molecule has 0 N–H and O–H groups in total. The van der Waals surface area contributed by atoms with E-state index in [1.165, 1.54) is 49.2 Å². The molecule has 3 heteroatoms. The van der Waals surface area contributed by atoms with Crippen LogP contribution in [0.2, 0.25) is 0 Å². The lowest BCUT2D eigenvalue weighted by atomic mass is 10.00. The maximum atomic E-state index is 6.52. The lowest BCUT2D eigenvalue weighted by Crippen LogP contribution is -1.87. The van der Waals surface area contributed by atoms with Gasteiger partial charge in [-0.05, 0) is 79.6 Å². The van der Waals surface area contributed by atoms with Crippen LogP contribution < -0.4 is 0 Å². The first kappa shape index (κ1) is 21.7. The Hall–Kier alpha value is -5.15. The predicted octanol–water partition coefficient (Wildman–Crippen LogP) is 10.1. The third-order valence-corrected chi connectivity index (χ3v) is 8.43. The zero-order valence-corrected chi connectivity index (χ0v) is 22.2. The second kappa shape index (κ2) is 7.71. The maximum Gasteiger partial charge on any atom is 0.136 e. The van der Waals surface area contributed by atoms with Crippen molar-refractivity contribution < 1.29 is 4.42 Å². The molecule has 0 saturated carbocycles. The van der Waals surface area contributed by atoms with E-state index < -0.39 is 0 Å². The lowest BCUT2D eigenvalue weighted by molar-refractivity contribution is 0.669. The van der Waals surface area contributed by atoms with Crippen LogP contribution in [0.1, 0.15) is 11.1 Å². The summed E-state index contributed by atoms with van der Waals surface area (Å²) in [5, 5.41) is 7.36. The molecule has 3 nitrogen and oxygen atoms in total. The van der Waals surface area contributed by atoms with Gasteiger partial charge in [0.2, 0.25) is 0 Å². The highest BCUT2D eigenvalue weighted by Crippen LogP contribution is 2.42. The highest BCUT2D eigenvalue weighted by Gasteiger charge is 2.19. The molecule has 0 aliphatic rings. The minimum absolute atomic E-state index is 0.900. The Morgan fingerprint density at radius 2 is 1.27 bits per heavy atom. The zero-order chi connectivity index (χ0) is 26.5. The van der Waals surface area contributed by atoms with E-state index >= 15 is 0 Å². The molecule has 0 aliphatic carbocycles. The van der Waals surface area contributed by atoms with Gasteiger partial charge in [-0.2, -0.15) is 0 Å². The zero-order valence-electron chi connectivity index (χ0n) is 22.2. The summed E-state index contributed by atoms with van der Waals surface area (Å²) in [4.78, 5) is 4.68. The van der Waals surface area contributed by atoms with Crippen LogP contribution in [0, 0.1) is 13.8 Å². The van der Waals surface area contributed by atoms with Crippen molar-refractivity contribution in [3.63, 3.8) is 0 Å². The van der Waals surface area contributed by atoms with E-state index in [1.54, 1.807) is 0 Å². The average Bonchev–Trinajstić information content (AvgIpc) is 3.61. The molecule has 0 atom stereocenters. The Morgan fingerprint density at radius 3 is 2.15 bits per heavy atom. The molecule has 188 valence electrons. The number of benzene rings is 5. The standard InChI is InChI=1S/C37H24N2O/c1-21-14-22(2)16-25(15-21)32-17-24(12-13-38-32)23-10-11-27-31-19-34-30(20-36(31)40-35(27)18-23)29-8-5-7-28-26-6-3-4-9-33(26)39(34)37(28)29/h3-20H,1-2H3. The van der Waals surface area contributed by atoms with Gasteiger partial charge in [0.25, 0.3) is 0 Å². The van der Waals surface area contributed by atoms with Gasteiger partial charge in [0.15, 0.2) is 0 Å². The van der Waals surface area contributed by atoms with Gasteiger partial charge >= 0.3 is 0 Å². The van der Waals surface area contributed by atoms with Gasteiger partial charge in [0, 0.05) is 44.1 Å². The summed E-state index contributed by atoms with van der Waals surface area (Å²) in [5.74, 6) is 0. The van der Waals surface area contributed by atoms with Gasteiger partial charge < -0.3 is 8.82 Å². The van der Waals surface area contributed by atoms with Gasteiger partial charge in [-0.3, -0.25) is 4.98 Å². The number of nitrogens with zero attached hydrogens (tertiary/aromatic N) is 2. The normalized spacial score (nSPS) is 12.2. The summed E-state index contributed by atoms with van der Waals surface area (Å²) in [6.07, 6.45) is 1.90. The van der Waals surface area contributed by atoms with Crippen molar-refractivity contribution in [2.45, 2.75) is 13.8 Å². The fraction of sp³-hybridized carbons (Fsp3) is 0.0541. The van der Waals surface area contributed by atoms with Crippen LogP contribution in [0.3, 0.4) is 0 Å². The molecule has 9 aromatic rings. The van der Waals surface area contributed by atoms with Crippen molar-refractivity contribution in [2.75, 3.05) is 0 Å². The molecule has 0 amide bonds. The van der Waals surface area contributed by atoms with Crippen LogP contribution >= 0.6 is 0 Å². The molecule has 0 saturated heterocycles. The molecule has 40 heavy (non-hydrogen) atoms. The van der Waals surface area contributed by atoms with Crippen molar-refractivity contribution in [1.29, 1.82) is 0 Å². The van der Waals surface area contributed by atoms with E-state index in [0.717, 1.165) is 44.3 Å². The maximum absolute atomic E-state index is 6.52. The summed E-state index contributed by atoms with van der Waals surface area (Å²) in [6.45, 7) is 4.26. The van der Waals surface area contributed by atoms with Crippen molar-refractivity contribution in [3.05, 3.63) is 120 Å². The number of fused-ring (bicyclic) bond motifs is 9. The highest BCUT2D eigenvalue weighted by atomic mass is 16.3. The molecule has 0 bridgehead atoms. The first-order valence-electron chi connectivity index (χ1n) is 13.7. The number of pyridine rings is 1. The van der Waals surface area contributed by atoms with Gasteiger partial charge in [0.1, 0.15) is 11.2 Å². The van der Waals surface area contributed by atoms with Gasteiger partial charge in [-0.15, -0.1) is 0 Å². The smallest absolute Gasteiger partial charge is 0.136 e. The molecule has 5 aromatic carbocycles. The first-order valence-corrected chi connectivity index (χ1v) is 13.7. The quantitative estimate of drug-likeness (QED) is 0.231. The molecule has 0 unspecified atom stereocenters. The summed E-state index contributed by atoms with van der Waals surface area (Å²) in [7, 11) is 0. The summed E-state index contributed by atoms with van der Waals surface area (Å²) < 4.78 is 8.94. The molecule has 0 spiro atoms. The third-order valence-electron chi connectivity index (χ3n) is 8.43. The van der Waals surface area contributed by atoms with Crippen LogP contribution in [0.25, 0.3) is 82.4 Å². The molecular formula is C37H24N2O. The number of rotatable bonds is 2.